The minimum atomic E-state index is -0.281. The second-order valence-corrected chi connectivity index (χ2v) is 4.80. The van der Waals surface area contributed by atoms with Gasteiger partial charge in [-0.15, -0.1) is 0 Å². The Morgan fingerprint density at radius 3 is 1.85 bits per heavy atom. The van der Waals surface area contributed by atoms with Crippen LogP contribution in [0.1, 0.15) is 30.5 Å². The van der Waals surface area contributed by atoms with Crippen molar-refractivity contribution in [2.75, 3.05) is 0 Å². The maximum absolute atomic E-state index is 10.8. The van der Waals surface area contributed by atoms with Gasteiger partial charge in [-0.05, 0) is 36.0 Å². The van der Waals surface area contributed by atoms with Crippen molar-refractivity contribution in [3.05, 3.63) is 71.3 Å². The van der Waals surface area contributed by atoms with Crippen LogP contribution >= 0.6 is 0 Å². The molecule has 0 heterocycles. The number of aryl methyl sites for hydroxylation is 2. The van der Waals surface area contributed by atoms with Crippen molar-refractivity contribution in [2.45, 2.75) is 33.1 Å². The van der Waals surface area contributed by atoms with E-state index in [1.165, 1.54) is 11.1 Å². The smallest absolute Gasteiger partial charge is 0.221 e. The summed E-state index contributed by atoms with van der Waals surface area (Å²) in [6.45, 7) is 0. The molecule has 2 aromatic carbocycles. The predicted molar refractivity (Wildman–Crippen MR) is 84.5 cm³/mol. The first-order valence-electron chi connectivity index (χ1n) is 6.64. The van der Waals surface area contributed by atoms with Crippen molar-refractivity contribution >= 4 is 5.91 Å². The highest BCUT2D eigenvalue weighted by Gasteiger charge is 1.99. The van der Waals surface area contributed by atoms with E-state index >= 15 is 0 Å². The highest BCUT2D eigenvalue weighted by Crippen LogP contribution is 2.10. The number of amides is 1. The van der Waals surface area contributed by atoms with Crippen LogP contribution in [-0.4, -0.2) is 5.91 Å². The normalized spacial score (nSPS) is 9.80. The summed E-state index contributed by atoms with van der Waals surface area (Å²) in [5.74, 6) is -0.281. The number of nitrogens with two attached hydrogens (primary N) is 1. The van der Waals surface area contributed by atoms with E-state index < -0.39 is 0 Å². The molecule has 0 aliphatic carbocycles. The number of benzene rings is 2. The van der Waals surface area contributed by atoms with Crippen molar-refractivity contribution in [1.29, 1.82) is 0 Å². The zero-order valence-electron chi connectivity index (χ0n) is 11.0. The standard InChI is InChI=1S/C17H19NO.CH4/c18-17(19)13-16-11-9-15(10-12-16)8-4-7-14-5-2-1-3-6-14;/h1-3,5-6,9-12H,4,7-8,13H2,(H2,18,19);1H4. The predicted octanol–water partition coefficient (Wildman–Crippen LogP) is 3.53. The topological polar surface area (TPSA) is 43.1 Å². The summed E-state index contributed by atoms with van der Waals surface area (Å²) in [5.41, 5.74) is 8.85. The Balaban J connectivity index is 0.00000200. The highest BCUT2D eigenvalue weighted by atomic mass is 16.1. The maximum atomic E-state index is 10.8. The molecular formula is C18H23NO. The number of carbonyl (C=O) groups is 1. The summed E-state index contributed by atoms with van der Waals surface area (Å²) >= 11 is 0. The van der Waals surface area contributed by atoms with E-state index in [0.29, 0.717) is 6.42 Å². The van der Waals surface area contributed by atoms with Gasteiger partial charge in [-0.25, -0.2) is 0 Å². The lowest BCUT2D eigenvalue weighted by Gasteiger charge is -2.04. The molecule has 2 N–H and O–H groups in total. The van der Waals surface area contributed by atoms with Gasteiger partial charge >= 0.3 is 0 Å². The second kappa shape index (κ2) is 8.16. The molecule has 2 heteroatoms. The molecule has 0 aliphatic rings. The van der Waals surface area contributed by atoms with Gasteiger partial charge < -0.3 is 5.73 Å². The SMILES string of the molecule is C.NC(=O)Cc1ccc(CCCc2ccccc2)cc1. The molecule has 0 spiro atoms. The van der Waals surface area contributed by atoms with Crippen LogP contribution in [0.15, 0.2) is 54.6 Å². The third-order valence-corrected chi connectivity index (χ3v) is 3.18. The molecule has 0 bridgehead atoms. The highest BCUT2D eigenvalue weighted by molar-refractivity contribution is 5.76. The Bertz CT molecular complexity index is 517. The Hall–Kier alpha value is -2.09. The average molecular weight is 269 g/mol. The molecule has 0 aromatic heterocycles. The number of primary amides is 1. The lowest BCUT2D eigenvalue weighted by molar-refractivity contribution is -0.117. The van der Waals surface area contributed by atoms with E-state index in [2.05, 4.69) is 36.4 Å². The van der Waals surface area contributed by atoms with Crippen LogP contribution < -0.4 is 5.73 Å². The average Bonchev–Trinajstić information content (AvgIpc) is 2.41. The van der Waals surface area contributed by atoms with Crippen LogP contribution in [0.5, 0.6) is 0 Å². The van der Waals surface area contributed by atoms with Crippen molar-refractivity contribution in [1.82, 2.24) is 0 Å². The van der Waals surface area contributed by atoms with E-state index in [9.17, 15) is 4.79 Å². The molecule has 0 saturated carbocycles. The van der Waals surface area contributed by atoms with Gasteiger partial charge in [-0.1, -0.05) is 62.0 Å². The zero-order chi connectivity index (χ0) is 13.5. The molecule has 106 valence electrons. The summed E-state index contributed by atoms with van der Waals surface area (Å²) in [5, 5.41) is 0. The Morgan fingerprint density at radius 1 is 0.800 bits per heavy atom. The molecular weight excluding hydrogens is 246 g/mol. The van der Waals surface area contributed by atoms with Crippen molar-refractivity contribution in [3.63, 3.8) is 0 Å². The van der Waals surface area contributed by atoms with Gasteiger partial charge in [0.15, 0.2) is 0 Å². The summed E-state index contributed by atoms with van der Waals surface area (Å²) in [6.07, 6.45) is 3.62. The minimum Gasteiger partial charge on any atom is -0.369 e. The van der Waals surface area contributed by atoms with Crippen LogP contribution in [-0.2, 0) is 24.1 Å². The van der Waals surface area contributed by atoms with Crippen LogP contribution in [0.25, 0.3) is 0 Å². The molecule has 2 nitrogen and oxygen atoms in total. The molecule has 0 fully saturated rings. The van der Waals surface area contributed by atoms with Gasteiger partial charge in [0.1, 0.15) is 0 Å². The third kappa shape index (κ3) is 5.27. The Labute approximate surface area is 121 Å². The number of hydrogen-bond acceptors (Lipinski definition) is 1. The van der Waals surface area contributed by atoms with Gasteiger partial charge in [0.05, 0.1) is 6.42 Å². The minimum absolute atomic E-state index is 0. The number of hydrogen-bond donors (Lipinski definition) is 1. The monoisotopic (exact) mass is 269 g/mol. The fraction of sp³-hybridized carbons (Fsp3) is 0.278. The fourth-order valence-corrected chi connectivity index (χ4v) is 2.17. The molecule has 0 saturated heterocycles. The van der Waals surface area contributed by atoms with Crippen molar-refractivity contribution < 1.29 is 4.79 Å². The number of rotatable bonds is 6. The van der Waals surface area contributed by atoms with Gasteiger partial charge in [0.2, 0.25) is 5.91 Å². The molecule has 2 rings (SSSR count). The van der Waals surface area contributed by atoms with E-state index in [1.54, 1.807) is 0 Å². The molecule has 0 aliphatic heterocycles. The molecule has 0 atom stereocenters. The fourth-order valence-electron chi connectivity index (χ4n) is 2.17. The van der Waals surface area contributed by atoms with Crippen LogP contribution in [0, 0.1) is 0 Å². The van der Waals surface area contributed by atoms with Gasteiger partial charge in [-0.3, -0.25) is 4.79 Å². The van der Waals surface area contributed by atoms with Crippen LogP contribution in [0.2, 0.25) is 0 Å². The van der Waals surface area contributed by atoms with E-state index in [0.717, 1.165) is 24.8 Å². The molecule has 1 amide bonds. The lowest BCUT2D eigenvalue weighted by atomic mass is 10.0. The second-order valence-electron chi connectivity index (χ2n) is 4.80. The van der Waals surface area contributed by atoms with Crippen LogP contribution in [0.3, 0.4) is 0 Å². The largest absolute Gasteiger partial charge is 0.369 e. The molecule has 2 aromatic rings. The lowest BCUT2D eigenvalue weighted by Crippen LogP contribution is -2.13. The van der Waals surface area contributed by atoms with Crippen molar-refractivity contribution in [2.24, 2.45) is 5.73 Å². The summed E-state index contributed by atoms with van der Waals surface area (Å²) in [7, 11) is 0. The first-order valence-corrected chi connectivity index (χ1v) is 6.64. The van der Waals surface area contributed by atoms with Gasteiger partial charge in [0, 0.05) is 0 Å². The Morgan fingerprint density at radius 2 is 1.30 bits per heavy atom. The molecule has 0 radical (unpaired) electrons. The first kappa shape index (κ1) is 16.0. The van der Waals surface area contributed by atoms with Gasteiger partial charge in [0.25, 0.3) is 0 Å². The quantitative estimate of drug-likeness (QED) is 0.856. The zero-order valence-corrected chi connectivity index (χ0v) is 11.0. The summed E-state index contributed by atoms with van der Waals surface area (Å²) in [4.78, 5) is 10.8. The summed E-state index contributed by atoms with van der Waals surface area (Å²) in [6, 6.07) is 18.7. The first-order chi connectivity index (χ1) is 9.24. The Kier molecular flexibility index (Phi) is 6.51. The van der Waals surface area contributed by atoms with E-state index in [-0.39, 0.29) is 13.3 Å². The van der Waals surface area contributed by atoms with E-state index in [1.807, 2.05) is 18.2 Å². The van der Waals surface area contributed by atoms with E-state index in [4.69, 9.17) is 5.73 Å². The van der Waals surface area contributed by atoms with Crippen molar-refractivity contribution in [3.8, 4) is 0 Å². The molecule has 0 unspecified atom stereocenters. The summed E-state index contributed by atoms with van der Waals surface area (Å²) < 4.78 is 0. The third-order valence-electron chi connectivity index (χ3n) is 3.18. The number of carbonyl (C=O) groups excluding carboxylic acids is 1. The molecule has 20 heavy (non-hydrogen) atoms. The van der Waals surface area contributed by atoms with Gasteiger partial charge in [-0.2, -0.15) is 0 Å². The maximum Gasteiger partial charge on any atom is 0.221 e. The van der Waals surface area contributed by atoms with Crippen LogP contribution in [0.4, 0.5) is 0 Å².